The minimum Gasteiger partial charge on any atom is -0.465 e. The number of nitrogens with one attached hydrogen (secondary N) is 1. The number of hydrogen-bond donors (Lipinski definition) is 1. The number of nitro benzene ring substituents is 1. The molecule has 1 fully saturated rings. The van der Waals surface area contributed by atoms with E-state index in [-0.39, 0.29) is 22.9 Å². The average Bonchev–Trinajstić information content (AvgIpc) is 2.57. The molecule has 1 saturated carbocycles. The molecule has 1 aliphatic carbocycles. The van der Waals surface area contributed by atoms with Gasteiger partial charge < -0.3 is 10.1 Å². The molecule has 1 aromatic carbocycles. The first-order valence-corrected chi connectivity index (χ1v) is 8.02. The number of non-ortho nitro benzene ring substituents is 1. The van der Waals surface area contributed by atoms with E-state index in [9.17, 15) is 19.7 Å². The van der Waals surface area contributed by atoms with E-state index in [1.807, 2.05) is 0 Å². The molecule has 1 amide bonds. The molecule has 0 aliphatic heterocycles. The molecule has 0 heterocycles. The second-order valence-electron chi connectivity index (χ2n) is 6.36. The molecule has 3 atom stereocenters. The molecule has 0 bridgehead atoms. The van der Waals surface area contributed by atoms with Crippen molar-refractivity contribution in [3.63, 3.8) is 0 Å². The van der Waals surface area contributed by atoms with Gasteiger partial charge in [0.1, 0.15) is 0 Å². The van der Waals surface area contributed by atoms with Crippen LogP contribution < -0.4 is 5.32 Å². The van der Waals surface area contributed by atoms with Crippen LogP contribution in [-0.2, 0) is 4.74 Å². The lowest BCUT2D eigenvalue weighted by molar-refractivity contribution is -0.384. The third kappa shape index (κ3) is 3.90. The largest absolute Gasteiger partial charge is 0.465 e. The zero-order chi connectivity index (χ0) is 17.9. The number of ether oxygens (including phenoxy) is 1. The SMILES string of the molecule is COC(=O)c1cc(C(=O)NC2CCCC(C)C2C)cc([N+](=O)[O-])c1. The number of rotatable bonds is 4. The fourth-order valence-corrected chi connectivity index (χ4v) is 3.12. The molecule has 0 saturated heterocycles. The average molecular weight is 334 g/mol. The van der Waals surface area contributed by atoms with E-state index < -0.39 is 16.8 Å². The highest BCUT2D eigenvalue weighted by molar-refractivity contribution is 5.99. The van der Waals surface area contributed by atoms with Crippen LogP contribution in [0.2, 0.25) is 0 Å². The highest BCUT2D eigenvalue weighted by atomic mass is 16.6. The van der Waals surface area contributed by atoms with E-state index in [0.29, 0.717) is 11.8 Å². The zero-order valence-corrected chi connectivity index (χ0v) is 14.1. The number of nitrogens with zero attached hydrogens (tertiary/aromatic N) is 1. The summed E-state index contributed by atoms with van der Waals surface area (Å²) in [6, 6.07) is 3.64. The third-order valence-electron chi connectivity index (χ3n) is 4.84. The van der Waals surface area contributed by atoms with Crippen molar-refractivity contribution < 1.29 is 19.2 Å². The van der Waals surface area contributed by atoms with Crippen LogP contribution in [-0.4, -0.2) is 30.0 Å². The Balaban J connectivity index is 2.26. The van der Waals surface area contributed by atoms with E-state index in [4.69, 9.17) is 0 Å². The van der Waals surface area contributed by atoms with Gasteiger partial charge >= 0.3 is 5.97 Å². The summed E-state index contributed by atoms with van der Waals surface area (Å²) in [7, 11) is 1.19. The van der Waals surface area contributed by atoms with Crippen molar-refractivity contribution in [3.05, 3.63) is 39.4 Å². The molecule has 0 radical (unpaired) electrons. The van der Waals surface area contributed by atoms with E-state index >= 15 is 0 Å². The predicted molar refractivity (Wildman–Crippen MR) is 87.9 cm³/mol. The first-order chi connectivity index (χ1) is 11.3. The van der Waals surface area contributed by atoms with Crippen LogP contribution >= 0.6 is 0 Å². The van der Waals surface area contributed by atoms with Gasteiger partial charge in [-0.3, -0.25) is 14.9 Å². The number of nitro groups is 1. The van der Waals surface area contributed by atoms with Crippen molar-refractivity contribution in [3.8, 4) is 0 Å². The Morgan fingerprint density at radius 2 is 1.88 bits per heavy atom. The number of methoxy groups -OCH3 is 1. The maximum atomic E-state index is 12.5. The Kier molecular flexibility index (Phi) is 5.54. The van der Waals surface area contributed by atoms with Crippen LogP contribution in [0.1, 0.15) is 53.8 Å². The Bertz CT molecular complexity index is 658. The minimum atomic E-state index is -0.715. The normalized spacial score (nSPS) is 23.4. The van der Waals surface area contributed by atoms with Crippen molar-refractivity contribution in [2.45, 2.75) is 39.2 Å². The summed E-state index contributed by atoms with van der Waals surface area (Å²) in [5.74, 6) is -0.275. The molecule has 1 aliphatic rings. The van der Waals surface area contributed by atoms with Gasteiger partial charge in [0.2, 0.25) is 0 Å². The van der Waals surface area contributed by atoms with Gasteiger partial charge in [-0.05, 0) is 24.3 Å². The van der Waals surface area contributed by atoms with E-state index in [1.165, 1.54) is 19.2 Å². The smallest absolute Gasteiger partial charge is 0.338 e. The number of benzene rings is 1. The summed E-state index contributed by atoms with van der Waals surface area (Å²) < 4.78 is 4.59. The first kappa shape index (κ1) is 17.9. The van der Waals surface area contributed by atoms with Crippen molar-refractivity contribution in [2.75, 3.05) is 7.11 Å². The van der Waals surface area contributed by atoms with E-state index in [2.05, 4.69) is 23.9 Å². The summed E-state index contributed by atoms with van der Waals surface area (Å²) in [5.41, 5.74) is -0.231. The lowest BCUT2D eigenvalue weighted by Crippen LogP contribution is -2.43. The Morgan fingerprint density at radius 1 is 1.21 bits per heavy atom. The quantitative estimate of drug-likeness (QED) is 0.518. The van der Waals surface area contributed by atoms with Crippen LogP contribution in [0.4, 0.5) is 5.69 Å². The standard InChI is InChI=1S/C17H22N2O5/c1-10-5-4-6-15(11(10)2)18-16(20)12-7-13(17(21)24-3)9-14(8-12)19(22)23/h7-11,15H,4-6H2,1-3H3,(H,18,20). The highest BCUT2D eigenvalue weighted by Gasteiger charge is 2.29. The highest BCUT2D eigenvalue weighted by Crippen LogP contribution is 2.30. The first-order valence-electron chi connectivity index (χ1n) is 8.02. The van der Waals surface area contributed by atoms with Gasteiger partial charge in [-0.1, -0.05) is 26.7 Å². The number of amides is 1. The van der Waals surface area contributed by atoms with Crippen LogP contribution in [0, 0.1) is 22.0 Å². The van der Waals surface area contributed by atoms with Gasteiger partial charge in [0.15, 0.2) is 0 Å². The van der Waals surface area contributed by atoms with Crippen LogP contribution in [0.25, 0.3) is 0 Å². The fraction of sp³-hybridized carbons (Fsp3) is 0.529. The molecule has 0 spiro atoms. The van der Waals surface area contributed by atoms with Gasteiger partial charge in [0.05, 0.1) is 17.6 Å². The van der Waals surface area contributed by atoms with Gasteiger partial charge in [0.25, 0.3) is 11.6 Å². The molecule has 3 unspecified atom stereocenters. The minimum absolute atomic E-state index is 0.0121. The molecule has 2 rings (SSSR count). The van der Waals surface area contributed by atoms with Gasteiger partial charge in [-0.15, -0.1) is 0 Å². The van der Waals surface area contributed by atoms with Crippen molar-refractivity contribution in [1.29, 1.82) is 0 Å². The summed E-state index contributed by atoms with van der Waals surface area (Å²) >= 11 is 0. The Hall–Kier alpha value is -2.44. The third-order valence-corrected chi connectivity index (χ3v) is 4.84. The topological polar surface area (TPSA) is 98.5 Å². The maximum absolute atomic E-state index is 12.5. The lowest BCUT2D eigenvalue weighted by atomic mass is 9.78. The molecule has 1 aromatic rings. The molecule has 24 heavy (non-hydrogen) atoms. The predicted octanol–water partition coefficient (Wildman–Crippen LogP) is 2.94. The molecule has 7 heteroatoms. The number of carbonyl (C=O) groups excluding carboxylic acids is 2. The van der Waals surface area contributed by atoms with Crippen LogP contribution in [0.3, 0.4) is 0 Å². The lowest BCUT2D eigenvalue weighted by Gasteiger charge is -2.34. The molecular weight excluding hydrogens is 312 g/mol. The number of carbonyl (C=O) groups is 2. The van der Waals surface area contributed by atoms with E-state index in [0.717, 1.165) is 25.3 Å². The maximum Gasteiger partial charge on any atom is 0.338 e. The summed E-state index contributed by atoms with van der Waals surface area (Å²) in [6.07, 6.45) is 3.06. The second-order valence-corrected chi connectivity index (χ2v) is 6.36. The molecule has 1 N–H and O–H groups in total. The van der Waals surface area contributed by atoms with Gasteiger partial charge in [0, 0.05) is 23.7 Å². The second kappa shape index (κ2) is 7.42. The van der Waals surface area contributed by atoms with Crippen LogP contribution in [0.5, 0.6) is 0 Å². The molecule has 130 valence electrons. The van der Waals surface area contributed by atoms with Crippen molar-refractivity contribution in [2.24, 2.45) is 11.8 Å². The molecular formula is C17H22N2O5. The zero-order valence-electron chi connectivity index (χ0n) is 14.1. The summed E-state index contributed by atoms with van der Waals surface area (Å²) in [5, 5.41) is 14.0. The Morgan fingerprint density at radius 3 is 2.50 bits per heavy atom. The molecule has 0 aromatic heterocycles. The number of hydrogen-bond acceptors (Lipinski definition) is 5. The Labute approximate surface area is 140 Å². The van der Waals surface area contributed by atoms with E-state index in [1.54, 1.807) is 0 Å². The fourth-order valence-electron chi connectivity index (χ4n) is 3.12. The van der Waals surface area contributed by atoms with Gasteiger partial charge in [-0.25, -0.2) is 4.79 Å². The molecule has 7 nitrogen and oxygen atoms in total. The van der Waals surface area contributed by atoms with Gasteiger partial charge in [-0.2, -0.15) is 0 Å². The summed E-state index contributed by atoms with van der Waals surface area (Å²) in [6.45, 7) is 4.26. The van der Waals surface area contributed by atoms with Crippen molar-refractivity contribution >= 4 is 17.6 Å². The summed E-state index contributed by atoms with van der Waals surface area (Å²) in [4.78, 5) is 34.6. The van der Waals surface area contributed by atoms with Crippen molar-refractivity contribution in [1.82, 2.24) is 5.32 Å². The number of esters is 1. The van der Waals surface area contributed by atoms with Crippen LogP contribution in [0.15, 0.2) is 18.2 Å². The monoisotopic (exact) mass is 334 g/mol.